The Kier molecular flexibility index (Phi) is 7.64. The third-order valence-corrected chi connectivity index (χ3v) is 5.74. The minimum absolute atomic E-state index is 0.112. The summed E-state index contributed by atoms with van der Waals surface area (Å²) in [7, 11) is 1.60. The highest BCUT2D eigenvalue weighted by molar-refractivity contribution is 6.08. The average Bonchev–Trinajstić information content (AvgIpc) is 2.94. The van der Waals surface area contributed by atoms with Crippen molar-refractivity contribution >= 4 is 17.8 Å². The van der Waals surface area contributed by atoms with Gasteiger partial charge in [-0.05, 0) is 29.9 Å². The Morgan fingerprint density at radius 3 is 2.19 bits per heavy atom. The van der Waals surface area contributed by atoms with Crippen molar-refractivity contribution in [1.82, 2.24) is 15.3 Å². The summed E-state index contributed by atoms with van der Waals surface area (Å²) in [4.78, 5) is 47.2. The van der Waals surface area contributed by atoms with E-state index < -0.39 is 11.4 Å². The third-order valence-electron chi connectivity index (χ3n) is 5.74. The van der Waals surface area contributed by atoms with E-state index in [0.29, 0.717) is 12.8 Å². The maximum absolute atomic E-state index is 13.5. The van der Waals surface area contributed by atoms with Crippen LogP contribution >= 0.6 is 0 Å². The van der Waals surface area contributed by atoms with Crippen LogP contribution in [0.5, 0.6) is 0 Å². The van der Waals surface area contributed by atoms with Crippen LogP contribution in [0.15, 0.2) is 60.7 Å². The quantitative estimate of drug-likeness (QED) is 0.455. The number of hydrogen-bond donors (Lipinski definition) is 1. The molecule has 7 nitrogen and oxygen atoms in total. The van der Waals surface area contributed by atoms with Crippen molar-refractivity contribution in [3.05, 3.63) is 71.8 Å². The van der Waals surface area contributed by atoms with Crippen LogP contribution < -0.4 is 5.48 Å². The molecule has 0 aromatic heterocycles. The lowest BCUT2D eigenvalue weighted by molar-refractivity contribution is -0.143. The second-order valence-electron chi connectivity index (χ2n) is 8.64. The molecule has 0 spiro atoms. The maximum Gasteiger partial charge on any atom is 0.327 e. The lowest BCUT2D eigenvalue weighted by Crippen LogP contribution is -2.52. The molecule has 0 saturated carbocycles. The first-order valence-corrected chi connectivity index (χ1v) is 10.9. The zero-order chi connectivity index (χ0) is 23.1. The highest BCUT2D eigenvalue weighted by Gasteiger charge is 2.56. The van der Waals surface area contributed by atoms with Crippen LogP contribution in [0, 0.1) is 5.92 Å². The van der Waals surface area contributed by atoms with Gasteiger partial charge >= 0.3 is 6.03 Å². The first kappa shape index (κ1) is 23.5. The summed E-state index contributed by atoms with van der Waals surface area (Å²) in [5.41, 5.74) is 3.18. The molecule has 0 bridgehead atoms. The lowest BCUT2D eigenvalue weighted by atomic mass is 9.84. The van der Waals surface area contributed by atoms with E-state index in [1.165, 1.54) is 9.80 Å². The summed E-state index contributed by atoms with van der Waals surface area (Å²) in [6.45, 7) is 4.45. The van der Waals surface area contributed by atoms with Crippen LogP contribution in [0.25, 0.3) is 0 Å². The molecular weight excluding hydrogens is 406 g/mol. The number of benzene rings is 2. The Balaban J connectivity index is 1.68. The molecule has 170 valence electrons. The van der Waals surface area contributed by atoms with Crippen LogP contribution in [0.3, 0.4) is 0 Å². The smallest absolute Gasteiger partial charge is 0.312 e. The Hall–Kier alpha value is -3.19. The maximum atomic E-state index is 13.5. The van der Waals surface area contributed by atoms with Crippen LogP contribution in [0.1, 0.15) is 37.8 Å². The van der Waals surface area contributed by atoms with Crippen molar-refractivity contribution in [2.24, 2.45) is 5.92 Å². The van der Waals surface area contributed by atoms with Gasteiger partial charge in [0.25, 0.3) is 5.91 Å². The van der Waals surface area contributed by atoms with Gasteiger partial charge in [-0.25, -0.2) is 10.3 Å². The standard InChI is InChI=1S/C25H31N3O4/c1-19(2)16-25(17-22(29)26-32-18-21-12-8-5-9-13-21)23(30)28(24(31)27(25)3)15-14-20-10-6-4-7-11-20/h4-13,19H,14-18H2,1-3H3,(H,26,29). The largest absolute Gasteiger partial charge is 0.327 e. The molecule has 32 heavy (non-hydrogen) atoms. The number of hydroxylamine groups is 1. The number of amides is 4. The van der Waals surface area contributed by atoms with E-state index in [1.54, 1.807) is 7.05 Å². The number of imide groups is 1. The first-order valence-electron chi connectivity index (χ1n) is 10.9. The van der Waals surface area contributed by atoms with Gasteiger partial charge in [-0.3, -0.25) is 19.3 Å². The van der Waals surface area contributed by atoms with Crippen molar-refractivity contribution in [1.29, 1.82) is 0 Å². The zero-order valence-corrected chi connectivity index (χ0v) is 18.9. The van der Waals surface area contributed by atoms with Crippen LogP contribution in [-0.2, 0) is 27.5 Å². The Morgan fingerprint density at radius 2 is 1.59 bits per heavy atom. The Morgan fingerprint density at radius 1 is 1.00 bits per heavy atom. The SMILES string of the molecule is CC(C)CC1(CC(=O)NOCc2ccccc2)C(=O)N(CCc2ccccc2)C(=O)N1C. The number of nitrogens with one attached hydrogen (secondary N) is 1. The monoisotopic (exact) mass is 437 g/mol. The molecule has 0 aliphatic carbocycles. The molecule has 1 unspecified atom stereocenters. The van der Waals surface area contributed by atoms with E-state index in [1.807, 2.05) is 74.5 Å². The van der Waals surface area contributed by atoms with Gasteiger partial charge in [-0.2, -0.15) is 0 Å². The molecular formula is C25H31N3O4. The number of nitrogens with zero attached hydrogens (tertiary/aromatic N) is 2. The van der Waals surface area contributed by atoms with Gasteiger partial charge in [-0.1, -0.05) is 74.5 Å². The normalized spacial score (nSPS) is 18.5. The summed E-state index contributed by atoms with van der Waals surface area (Å²) in [6.07, 6.45) is 0.807. The molecule has 2 aromatic carbocycles. The fourth-order valence-corrected chi connectivity index (χ4v) is 4.17. The van der Waals surface area contributed by atoms with Crippen LogP contribution in [-0.4, -0.2) is 46.8 Å². The van der Waals surface area contributed by atoms with E-state index in [2.05, 4.69) is 5.48 Å². The summed E-state index contributed by atoms with van der Waals surface area (Å²) < 4.78 is 0. The average molecular weight is 438 g/mol. The topological polar surface area (TPSA) is 79.0 Å². The molecule has 1 aliphatic rings. The molecule has 2 aromatic rings. The summed E-state index contributed by atoms with van der Waals surface area (Å²) in [5.74, 6) is -0.645. The number of carbonyl (C=O) groups excluding carboxylic acids is 3. The molecule has 7 heteroatoms. The van der Waals surface area contributed by atoms with Gasteiger partial charge in [0.2, 0.25) is 5.91 Å². The van der Waals surface area contributed by atoms with Gasteiger partial charge < -0.3 is 4.90 Å². The zero-order valence-electron chi connectivity index (χ0n) is 18.9. The van der Waals surface area contributed by atoms with Gasteiger partial charge in [0, 0.05) is 13.6 Å². The Labute approximate surface area is 189 Å². The fourth-order valence-electron chi connectivity index (χ4n) is 4.17. The summed E-state index contributed by atoms with van der Waals surface area (Å²) in [5, 5.41) is 0. The second-order valence-corrected chi connectivity index (χ2v) is 8.64. The van der Waals surface area contributed by atoms with Gasteiger partial charge in [-0.15, -0.1) is 0 Å². The fraction of sp³-hybridized carbons (Fsp3) is 0.400. The highest BCUT2D eigenvalue weighted by atomic mass is 16.6. The summed E-state index contributed by atoms with van der Waals surface area (Å²) >= 11 is 0. The first-order chi connectivity index (χ1) is 15.3. The second kappa shape index (κ2) is 10.4. The highest BCUT2D eigenvalue weighted by Crippen LogP contribution is 2.35. The summed E-state index contributed by atoms with van der Waals surface area (Å²) in [6, 6.07) is 18.8. The molecule has 1 heterocycles. The van der Waals surface area contributed by atoms with Crippen molar-refractivity contribution in [3.8, 4) is 0 Å². The molecule has 0 radical (unpaired) electrons. The van der Waals surface area contributed by atoms with E-state index >= 15 is 0 Å². The Bertz CT molecular complexity index is 933. The van der Waals surface area contributed by atoms with Crippen molar-refractivity contribution in [2.75, 3.05) is 13.6 Å². The number of rotatable bonds is 10. The predicted molar refractivity (Wildman–Crippen MR) is 121 cm³/mol. The molecule has 3 rings (SSSR count). The van der Waals surface area contributed by atoms with Gasteiger partial charge in [0.1, 0.15) is 5.54 Å². The van der Waals surface area contributed by atoms with Gasteiger partial charge in [0.15, 0.2) is 0 Å². The van der Waals surface area contributed by atoms with Crippen molar-refractivity contribution in [3.63, 3.8) is 0 Å². The van der Waals surface area contributed by atoms with Crippen molar-refractivity contribution in [2.45, 2.75) is 45.3 Å². The van der Waals surface area contributed by atoms with E-state index in [4.69, 9.17) is 4.84 Å². The predicted octanol–water partition coefficient (Wildman–Crippen LogP) is 3.55. The minimum atomic E-state index is -1.22. The van der Waals surface area contributed by atoms with E-state index in [0.717, 1.165) is 11.1 Å². The van der Waals surface area contributed by atoms with E-state index in [-0.39, 0.29) is 37.4 Å². The van der Waals surface area contributed by atoms with Gasteiger partial charge in [0.05, 0.1) is 13.0 Å². The minimum Gasteiger partial charge on any atom is -0.312 e. The molecule has 4 amide bonds. The number of hydrogen-bond acceptors (Lipinski definition) is 4. The van der Waals surface area contributed by atoms with E-state index in [9.17, 15) is 14.4 Å². The third kappa shape index (κ3) is 5.34. The molecule has 1 saturated heterocycles. The number of carbonyl (C=O) groups is 3. The molecule has 1 aliphatic heterocycles. The lowest BCUT2D eigenvalue weighted by Gasteiger charge is -2.33. The van der Waals surface area contributed by atoms with Crippen LogP contribution in [0.4, 0.5) is 4.79 Å². The molecule has 1 fully saturated rings. The van der Waals surface area contributed by atoms with Crippen molar-refractivity contribution < 1.29 is 19.2 Å². The molecule has 1 atom stereocenters. The number of urea groups is 1. The molecule has 1 N–H and O–H groups in total. The van der Waals surface area contributed by atoms with Crippen LogP contribution in [0.2, 0.25) is 0 Å². The number of likely N-dealkylation sites (N-methyl/N-ethyl adjacent to an activating group) is 1.